The smallest absolute Gasteiger partial charge is 0.418 e. The number of hydrogen-bond acceptors (Lipinski definition) is 4. The van der Waals surface area contributed by atoms with Crippen LogP contribution in [0.15, 0.2) is 97.1 Å². The molecule has 1 aliphatic heterocycles. The fourth-order valence-electron chi connectivity index (χ4n) is 5.22. The SMILES string of the molecule is Cl.Oc1ccc(C(c2ccc(O)cc2)c2ccccc2CN2CCN(c3ccccc3C(F)(F)F)CC2)cc1. The maximum Gasteiger partial charge on any atom is 0.418 e. The van der Waals surface area contributed by atoms with Crippen molar-refractivity contribution in [1.29, 1.82) is 0 Å². The van der Waals surface area contributed by atoms with Crippen molar-refractivity contribution in [2.75, 3.05) is 31.1 Å². The molecule has 4 aromatic carbocycles. The van der Waals surface area contributed by atoms with Crippen molar-refractivity contribution < 1.29 is 23.4 Å². The van der Waals surface area contributed by atoms with Gasteiger partial charge in [-0.1, -0.05) is 60.7 Å². The van der Waals surface area contributed by atoms with E-state index in [2.05, 4.69) is 17.0 Å². The Morgan fingerprint density at radius 2 is 1.18 bits per heavy atom. The maximum absolute atomic E-state index is 13.5. The molecule has 1 heterocycles. The zero-order chi connectivity index (χ0) is 26.7. The van der Waals surface area contributed by atoms with Crippen LogP contribution in [-0.4, -0.2) is 41.3 Å². The van der Waals surface area contributed by atoms with E-state index in [0.717, 1.165) is 28.3 Å². The van der Waals surface area contributed by atoms with Crippen molar-refractivity contribution >= 4 is 18.1 Å². The van der Waals surface area contributed by atoms with Crippen LogP contribution >= 0.6 is 12.4 Å². The lowest BCUT2D eigenvalue weighted by Gasteiger charge is -2.37. The third-order valence-corrected chi connectivity index (χ3v) is 7.14. The number of piperazine rings is 1. The number of para-hydroxylation sites is 1. The number of nitrogens with zero attached hydrogens (tertiary/aromatic N) is 2. The van der Waals surface area contributed by atoms with E-state index in [-0.39, 0.29) is 35.5 Å². The number of hydrogen-bond donors (Lipinski definition) is 2. The maximum atomic E-state index is 13.5. The van der Waals surface area contributed by atoms with Gasteiger partial charge in [0.2, 0.25) is 0 Å². The molecule has 0 atom stereocenters. The second kappa shape index (κ2) is 12.0. The van der Waals surface area contributed by atoms with Gasteiger partial charge in [-0.3, -0.25) is 4.90 Å². The van der Waals surface area contributed by atoms with Crippen molar-refractivity contribution in [3.05, 3.63) is 125 Å². The number of rotatable bonds is 6. The Morgan fingerprint density at radius 1 is 0.667 bits per heavy atom. The molecule has 0 spiro atoms. The Morgan fingerprint density at radius 3 is 1.74 bits per heavy atom. The van der Waals surface area contributed by atoms with Crippen LogP contribution in [0.2, 0.25) is 0 Å². The zero-order valence-electron chi connectivity index (χ0n) is 21.2. The average molecular weight is 555 g/mol. The standard InChI is InChI=1S/C31H29F3N2O2.ClH/c32-31(33,34)28-7-3-4-8-29(28)36-19-17-35(18-20-36)21-24-5-1-2-6-27(24)30(22-9-13-25(37)14-10-22)23-11-15-26(38)16-12-23;/h1-16,30,37-38H,17-21H2;1H. The molecule has 4 nitrogen and oxygen atoms in total. The largest absolute Gasteiger partial charge is 0.508 e. The molecule has 39 heavy (non-hydrogen) atoms. The molecule has 8 heteroatoms. The summed E-state index contributed by atoms with van der Waals surface area (Å²) in [5, 5.41) is 19.7. The summed E-state index contributed by atoms with van der Waals surface area (Å²) < 4.78 is 40.6. The number of phenols is 2. The van der Waals surface area contributed by atoms with E-state index in [0.29, 0.717) is 32.7 Å². The average Bonchev–Trinajstić information content (AvgIpc) is 2.92. The van der Waals surface area contributed by atoms with Crippen LogP contribution in [0.3, 0.4) is 0 Å². The highest BCUT2D eigenvalue weighted by atomic mass is 35.5. The molecule has 0 radical (unpaired) electrons. The van der Waals surface area contributed by atoms with Gasteiger partial charge in [0.1, 0.15) is 11.5 Å². The highest BCUT2D eigenvalue weighted by Gasteiger charge is 2.35. The Labute approximate surface area is 232 Å². The van der Waals surface area contributed by atoms with E-state index >= 15 is 0 Å². The van der Waals surface area contributed by atoms with Gasteiger partial charge in [-0.2, -0.15) is 13.2 Å². The van der Waals surface area contributed by atoms with Gasteiger partial charge in [-0.05, 0) is 58.7 Å². The zero-order valence-corrected chi connectivity index (χ0v) is 22.0. The van der Waals surface area contributed by atoms with Gasteiger partial charge in [0, 0.05) is 44.3 Å². The summed E-state index contributed by atoms with van der Waals surface area (Å²) in [5.41, 5.74) is 3.89. The van der Waals surface area contributed by atoms with Crippen LogP contribution < -0.4 is 4.90 Å². The molecule has 0 saturated carbocycles. The third kappa shape index (κ3) is 6.49. The fourth-order valence-corrected chi connectivity index (χ4v) is 5.22. The predicted molar refractivity (Wildman–Crippen MR) is 150 cm³/mol. The predicted octanol–water partition coefficient (Wildman–Crippen LogP) is 7.04. The van der Waals surface area contributed by atoms with Crippen molar-refractivity contribution in [3.63, 3.8) is 0 Å². The van der Waals surface area contributed by atoms with Gasteiger partial charge in [0.25, 0.3) is 0 Å². The van der Waals surface area contributed by atoms with Gasteiger partial charge < -0.3 is 15.1 Å². The van der Waals surface area contributed by atoms with Crippen LogP contribution in [0.5, 0.6) is 11.5 Å². The lowest BCUT2D eigenvalue weighted by atomic mass is 9.82. The number of alkyl halides is 3. The highest BCUT2D eigenvalue weighted by molar-refractivity contribution is 5.85. The normalized spacial score (nSPS) is 14.3. The first-order valence-electron chi connectivity index (χ1n) is 12.6. The number of phenolic OH excluding ortho intramolecular Hbond substituents is 2. The molecule has 2 N–H and O–H groups in total. The first-order chi connectivity index (χ1) is 18.3. The molecule has 1 aliphatic rings. The lowest BCUT2D eigenvalue weighted by molar-refractivity contribution is -0.137. The van der Waals surface area contributed by atoms with Crippen LogP contribution in [0.4, 0.5) is 18.9 Å². The van der Waals surface area contributed by atoms with Crippen LogP contribution in [0.25, 0.3) is 0 Å². The topological polar surface area (TPSA) is 46.9 Å². The summed E-state index contributed by atoms with van der Waals surface area (Å²) in [6.45, 7) is 2.97. The van der Waals surface area contributed by atoms with E-state index in [1.165, 1.54) is 6.07 Å². The molecule has 1 saturated heterocycles. The minimum Gasteiger partial charge on any atom is -0.508 e. The fraction of sp³-hybridized carbons (Fsp3) is 0.226. The van der Waals surface area contributed by atoms with Gasteiger partial charge in [-0.25, -0.2) is 0 Å². The first-order valence-corrected chi connectivity index (χ1v) is 12.6. The van der Waals surface area contributed by atoms with Crippen molar-refractivity contribution in [1.82, 2.24) is 4.90 Å². The number of benzene rings is 4. The second-order valence-electron chi connectivity index (χ2n) is 9.59. The Kier molecular flexibility index (Phi) is 8.73. The summed E-state index contributed by atoms with van der Waals surface area (Å²) in [6.07, 6.45) is -4.38. The quantitative estimate of drug-likeness (QED) is 0.251. The minimum absolute atomic E-state index is 0. The van der Waals surface area contributed by atoms with E-state index in [9.17, 15) is 23.4 Å². The molecular formula is C31H30ClF3N2O2. The Bertz CT molecular complexity index is 1320. The van der Waals surface area contributed by atoms with Crippen molar-refractivity contribution in [2.45, 2.75) is 18.6 Å². The van der Waals surface area contributed by atoms with Gasteiger partial charge >= 0.3 is 6.18 Å². The number of anilines is 1. The monoisotopic (exact) mass is 554 g/mol. The minimum atomic E-state index is -4.38. The van der Waals surface area contributed by atoms with E-state index in [1.807, 2.05) is 41.3 Å². The van der Waals surface area contributed by atoms with Gasteiger partial charge in [-0.15, -0.1) is 12.4 Å². The van der Waals surface area contributed by atoms with Crippen molar-refractivity contribution in [3.8, 4) is 11.5 Å². The molecule has 204 valence electrons. The third-order valence-electron chi connectivity index (χ3n) is 7.14. The molecule has 0 aromatic heterocycles. The van der Waals surface area contributed by atoms with Gasteiger partial charge in [0.15, 0.2) is 0 Å². The summed E-state index contributed by atoms with van der Waals surface area (Å²) in [7, 11) is 0. The summed E-state index contributed by atoms with van der Waals surface area (Å²) >= 11 is 0. The van der Waals surface area contributed by atoms with E-state index < -0.39 is 11.7 Å². The Balaban J connectivity index is 0.00000353. The van der Waals surface area contributed by atoms with Gasteiger partial charge in [0.05, 0.1) is 5.56 Å². The Hall–Kier alpha value is -3.68. The summed E-state index contributed by atoms with van der Waals surface area (Å²) in [4.78, 5) is 4.09. The van der Waals surface area contributed by atoms with Crippen LogP contribution in [0.1, 0.15) is 33.7 Å². The van der Waals surface area contributed by atoms with E-state index in [1.54, 1.807) is 36.4 Å². The molecular weight excluding hydrogens is 525 g/mol. The highest BCUT2D eigenvalue weighted by Crippen LogP contribution is 2.38. The molecule has 0 aliphatic carbocycles. The number of halogens is 4. The molecule has 5 rings (SSSR count). The summed E-state index contributed by atoms with van der Waals surface area (Å²) in [5.74, 6) is 0.264. The second-order valence-corrected chi connectivity index (χ2v) is 9.59. The molecule has 4 aromatic rings. The number of aromatic hydroxyl groups is 2. The molecule has 0 bridgehead atoms. The lowest BCUT2D eigenvalue weighted by Crippen LogP contribution is -2.46. The van der Waals surface area contributed by atoms with Crippen LogP contribution in [-0.2, 0) is 12.7 Å². The first kappa shape index (κ1) is 28.3. The molecule has 0 unspecified atom stereocenters. The van der Waals surface area contributed by atoms with E-state index in [4.69, 9.17) is 0 Å². The molecule has 0 amide bonds. The van der Waals surface area contributed by atoms with Crippen LogP contribution in [0, 0.1) is 0 Å². The molecule has 1 fully saturated rings. The van der Waals surface area contributed by atoms with Crippen molar-refractivity contribution in [2.24, 2.45) is 0 Å². The summed E-state index contributed by atoms with van der Waals surface area (Å²) in [6, 6.07) is 28.3.